The van der Waals surface area contributed by atoms with Crippen LogP contribution in [0.5, 0.6) is 0 Å². The molecule has 2 N–H and O–H groups in total. The van der Waals surface area contributed by atoms with E-state index in [-0.39, 0.29) is 12.5 Å². The average molecular weight is 555 g/mol. The van der Waals surface area contributed by atoms with Crippen molar-refractivity contribution in [1.29, 1.82) is 0 Å². The predicted molar refractivity (Wildman–Crippen MR) is 158 cm³/mol. The fraction of sp³-hybridized carbons (Fsp3) is 0.303. The van der Waals surface area contributed by atoms with Gasteiger partial charge in [-0.15, -0.1) is 0 Å². The monoisotopic (exact) mass is 554 g/mol. The molecule has 0 spiro atoms. The van der Waals surface area contributed by atoms with Gasteiger partial charge in [-0.05, 0) is 74.6 Å². The Labute approximate surface area is 238 Å². The first-order valence-corrected chi connectivity index (χ1v) is 13.6. The van der Waals surface area contributed by atoms with E-state index in [2.05, 4.69) is 22.8 Å². The second-order valence-corrected chi connectivity index (χ2v) is 11.3. The van der Waals surface area contributed by atoms with Crippen LogP contribution in [-0.2, 0) is 14.3 Å². The molecular weight excluding hydrogens is 520 g/mol. The van der Waals surface area contributed by atoms with Gasteiger partial charge in [0.2, 0.25) is 5.91 Å². The zero-order chi connectivity index (χ0) is 29.3. The molecule has 212 valence electrons. The quantitative estimate of drug-likeness (QED) is 0.265. The van der Waals surface area contributed by atoms with Gasteiger partial charge in [-0.25, -0.2) is 9.59 Å². The number of ether oxygens (including phenoxy) is 2. The summed E-state index contributed by atoms with van der Waals surface area (Å²) in [7, 11) is 0. The van der Waals surface area contributed by atoms with Crippen molar-refractivity contribution in [1.82, 2.24) is 5.32 Å². The van der Waals surface area contributed by atoms with E-state index < -0.39 is 35.4 Å². The summed E-state index contributed by atoms with van der Waals surface area (Å²) < 4.78 is 17.1. The molecule has 5 rings (SSSR count). The summed E-state index contributed by atoms with van der Waals surface area (Å²) in [6.45, 7) is 9.28. The smallest absolute Gasteiger partial charge is 0.407 e. The van der Waals surface area contributed by atoms with Crippen molar-refractivity contribution in [2.24, 2.45) is 0 Å². The molecule has 0 radical (unpaired) electrons. The molecule has 1 aliphatic rings. The standard InChI is InChI=1S/C33H34N2O6/c1-19-16-29(36)40-28-17-21(14-15-22(19)28)34-31(37)30(20(2)41-33(3,4)5)35-32(38)39-18-27-25-12-8-6-10-23(25)24-11-7-9-13-26(24)27/h6-17,20,27,30H,18H2,1-5H3,(H,34,37)(H,35,38)/t20-,30+/m1/s1. The fourth-order valence-electron chi connectivity index (χ4n) is 5.41. The largest absolute Gasteiger partial charge is 0.449 e. The van der Waals surface area contributed by atoms with Crippen molar-refractivity contribution in [3.8, 4) is 11.1 Å². The van der Waals surface area contributed by atoms with E-state index in [1.54, 1.807) is 25.1 Å². The van der Waals surface area contributed by atoms with Crippen LogP contribution >= 0.6 is 0 Å². The minimum absolute atomic E-state index is 0.112. The Hall–Kier alpha value is -4.43. The second kappa shape index (κ2) is 11.2. The van der Waals surface area contributed by atoms with Crippen molar-refractivity contribution in [3.05, 3.63) is 99.9 Å². The second-order valence-electron chi connectivity index (χ2n) is 11.3. The lowest BCUT2D eigenvalue weighted by Crippen LogP contribution is -2.52. The fourth-order valence-corrected chi connectivity index (χ4v) is 5.41. The molecule has 41 heavy (non-hydrogen) atoms. The summed E-state index contributed by atoms with van der Waals surface area (Å²) in [5, 5.41) is 6.30. The number of alkyl carbamates (subject to hydrolysis) is 1. The number of anilines is 1. The minimum Gasteiger partial charge on any atom is -0.449 e. The first-order chi connectivity index (χ1) is 19.5. The summed E-state index contributed by atoms with van der Waals surface area (Å²) in [6, 6.07) is 21.6. The number of aryl methyl sites for hydroxylation is 1. The highest BCUT2D eigenvalue weighted by Crippen LogP contribution is 2.44. The molecule has 0 saturated heterocycles. The van der Waals surface area contributed by atoms with Crippen LogP contribution in [0.3, 0.4) is 0 Å². The van der Waals surface area contributed by atoms with Crippen molar-refractivity contribution < 1.29 is 23.5 Å². The summed E-state index contributed by atoms with van der Waals surface area (Å²) in [5.74, 6) is -0.607. The molecule has 0 fully saturated rings. The van der Waals surface area contributed by atoms with Crippen molar-refractivity contribution in [2.45, 2.75) is 58.3 Å². The number of nitrogens with one attached hydrogen (secondary N) is 2. The van der Waals surface area contributed by atoms with Gasteiger partial charge in [0, 0.05) is 29.1 Å². The van der Waals surface area contributed by atoms with Crippen molar-refractivity contribution in [2.75, 3.05) is 11.9 Å². The lowest BCUT2D eigenvalue weighted by molar-refractivity contribution is -0.126. The Bertz CT molecular complexity index is 1620. The van der Waals surface area contributed by atoms with E-state index >= 15 is 0 Å². The maximum atomic E-state index is 13.5. The van der Waals surface area contributed by atoms with Gasteiger partial charge in [-0.3, -0.25) is 4.79 Å². The number of carbonyl (C=O) groups excluding carboxylic acids is 2. The number of amides is 2. The van der Waals surface area contributed by atoms with Gasteiger partial charge in [0.05, 0.1) is 11.7 Å². The molecule has 2 atom stereocenters. The van der Waals surface area contributed by atoms with E-state index in [1.165, 1.54) is 6.07 Å². The molecule has 1 aromatic heterocycles. The Morgan fingerprint density at radius 2 is 1.59 bits per heavy atom. The van der Waals surface area contributed by atoms with Gasteiger partial charge in [-0.1, -0.05) is 48.5 Å². The summed E-state index contributed by atoms with van der Waals surface area (Å²) in [4.78, 5) is 38.4. The van der Waals surface area contributed by atoms with Gasteiger partial charge in [0.15, 0.2) is 0 Å². The van der Waals surface area contributed by atoms with Crippen LogP contribution in [-0.4, -0.2) is 36.4 Å². The SMILES string of the molecule is Cc1cc(=O)oc2cc(NC(=O)[C@@H](NC(=O)OCC3c4ccccc4-c4ccccc43)[C@@H](C)OC(C)(C)C)ccc12. The maximum Gasteiger partial charge on any atom is 0.407 e. The van der Waals surface area contributed by atoms with Gasteiger partial charge >= 0.3 is 11.7 Å². The zero-order valence-electron chi connectivity index (χ0n) is 23.8. The lowest BCUT2D eigenvalue weighted by atomic mass is 9.98. The molecule has 0 aliphatic heterocycles. The molecule has 0 saturated carbocycles. The highest BCUT2D eigenvalue weighted by atomic mass is 16.6. The predicted octanol–water partition coefficient (Wildman–Crippen LogP) is 6.15. The molecule has 1 aliphatic carbocycles. The molecule has 8 heteroatoms. The molecule has 4 aromatic rings. The van der Waals surface area contributed by atoms with Crippen LogP contribution in [0.1, 0.15) is 50.3 Å². The molecular formula is C33H34N2O6. The van der Waals surface area contributed by atoms with E-state index in [9.17, 15) is 14.4 Å². The first-order valence-electron chi connectivity index (χ1n) is 13.6. The third-order valence-corrected chi connectivity index (χ3v) is 7.13. The topological polar surface area (TPSA) is 107 Å². The van der Waals surface area contributed by atoms with E-state index in [1.807, 2.05) is 64.1 Å². The molecule has 0 unspecified atom stereocenters. The molecule has 1 heterocycles. The third kappa shape index (κ3) is 6.18. The van der Waals surface area contributed by atoms with Gasteiger partial charge in [0.25, 0.3) is 0 Å². The van der Waals surface area contributed by atoms with E-state index in [4.69, 9.17) is 13.9 Å². The van der Waals surface area contributed by atoms with E-state index in [0.29, 0.717) is 11.3 Å². The normalized spacial score (nSPS) is 14.2. The molecule has 0 bridgehead atoms. The zero-order valence-corrected chi connectivity index (χ0v) is 23.8. The van der Waals surface area contributed by atoms with Crippen LogP contribution in [0.2, 0.25) is 0 Å². The average Bonchev–Trinajstić information content (AvgIpc) is 3.23. The molecule has 8 nitrogen and oxygen atoms in total. The highest BCUT2D eigenvalue weighted by Gasteiger charge is 2.33. The Balaban J connectivity index is 1.32. The number of carbonyl (C=O) groups is 2. The first kappa shape index (κ1) is 28.1. The number of hydrogen-bond donors (Lipinski definition) is 2. The summed E-state index contributed by atoms with van der Waals surface area (Å²) >= 11 is 0. The van der Waals surface area contributed by atoms with Crippen LogP contribution < -0.4 is 16.3 Å². The number of benzene rings is 3. The van der Waals surface area contributed by atoms with E-state index in [0.717, 1.165) is 33.2 Å². The minimum atomic E-state index is -1.06. The highest BCUT2D eigenvalue weighted by molar-refractivity contribution is 5.98. The number of hydrogen-bond acceptors (Lipinski definition) is 6. The van der Waals surface area contributed by atoms with Crippen LogP contribution in [0, 0.1) is 6.92 Å². The Morgan fingerprint density at radius 1 is 0.951 bits per heavy atom. The number of rotatable bonds is 7. The van der Waals surface area contributed by atoms with Gasteiger partial charge < -0.3 is 24.5 Å². The van der Waals surface area contributed by atoms with Crippen LogP contribution in [0.25, 0.3) is 22.1 Å². The lowest BCUT2D eigenvalue weighted by Gasteiger charge is -2.30. The summed E-state index contributed by atoms with van der Waals surface area (Å²) in [5.41, 5.74) is 4.95. The summed E-state index contributed by atoms with van der Waals surface area (Å²) in [6.07, 6.45) is -1.41. The van der Waals surface area contributed by atoms with Gasteiger partial charge in [0.1, 0.15) is 18.2 Å². The molecule has 3 aromatic carbocycles. The Morgan fingerprint density at radius 3 is 2.22 bits per heavy atom. The van der Waals surface area contributed by atoms with Crippen LogP contribution in [0.15, 0.2) is 82.0 Å². The van der Waals surface area contributed by atoms with Crippen LogP contribution in [0.4, 0.5) is 10.5 Å². The van der Waals surface area contributed by atoms with Crippen molar-refractivity contribution >= 4 is 28.7 Å². The van der Waals surface area contributed by atoms with Crippen molar-refractivity contribution in [3.63, 3.8) is 0 Å². The Kier molecular flexibility index (Phi) is 7.69. The maximum absolute atomic E-state index is 13.5. The number of fused-ring (bicyclic) bond motifs is 4. The van der Waals surface area contributed by atoms with Gasteiger partial charge in [-0.2, -0.15) is 0 Å². The molecule has 2 amide bonds. The third-order valence-electron chi connectivity index (χ3n) is 7.13.